The number of amides is 3. The first kappa shape index (κ1) is 26.4. The van der Waals surface area contributed by atoms with Crippen LogP contribution in [0.25, 0.3) is 10.2 Å². The molecule has 1 heterocycles. The number of carbonyl (C=O) groups is 2. The smallest absolute Gasteiger partial charge is 0.330 e. The van der Waals surface area contributed by atoms with Crippen LogP contribution in [-0.4, -0.2) is 68.0 Å². The van der Waals surface area contributed by atoms with Crippen molar-refractivity contribution >= 4 is 49.4 Å². The molecule has 0 aliphatic heterocycles. The molecular formula is C21H23F2N5O5S2. The average molecular weight is 528 g/mol. The summed E-state index contributed by atoms with van der Waals surface area (Å²) in [7, 11) is -1.72. The molecule has 1 atom stereocenters. The Morgan fingerprint density at radius 3 is 2.49 bits per heavy atom. The lowest BCUT2D eigenvalue weighted by molar-refractivity contribution is -0.120. The van der Waals surface area contributed by atoms with E-state index in [2.05, 4.69) is 10.3 Å². The van der Waals surface area contributed by atoms with E-state index in [0.717, 1.165) is 23.9 Å². The number of hydrogen-bond acceptors (Lipinski definition) is 7. The van der Waals surface area contributed by atoms with E-state index in [1.807, 2.05) is 0 Å². The van der Waals surface area contributed by atoms with Gasteiger partial charge in [0.1, 0.15) is 17.7 Å². The van der Waals surface area contributed by atoms with E-state index in [1.54, 1.807) is 28.4 Å². The molecule has 3 N–H and O–H groups in total. The van der Waals surface area contributed by atoms with Crippen LogP contribution < -0.4 is 14.9 Å². The lowest BCUT2D eigenvalue weighted by Gasteiger charge is -2.25. The number of nitrogens with zero attached hydrogens (tertiary/aromatic N) is 3. The molecule has 0 radical (unpaired) electrons. The van der Waals surface area contributed by atoms with E-state index in [-0.39, 0.29) is 18.5 Å². The molecular weight excluding hydrogens is 504 g/mol. The number of urea groups is 1. The number of aliphatic hydroxyl groups is 1. The summed E-state index contributed by atoms with van der Waals surface area (Å²) in [6.07, 6.45) is -0.323. The van der Waals surface area contributed by atoms with E-state index < -0.39 is 46.4 Å². The minimum atomic E-state index is -4.31. The molecule has 0 saturated heterocycles. The molecule has 2 aromatic carbocycles. The molecule has 0 aliphatic carbocycles. The number of anilines is 1. The fraction of sp³-hybridized carbons (Fsp3) is 0.286. The molecule has 3 rings (SSSR count). The number of rotatable bonds is 9. The van der Waals surface area contributed by atoms with Crippen LogP contribution in [0.4, 0.5) is 19.3 Å². The summed E-state index contributed by atoms with van der Waals surface area (Å²) >= 11 is 1.42. The molecule has 0 aliphatic rings. The van der Waals surface area contributed by atoms with E-state index in [9.17, 15) is 26.8 Å². The molecule has 10 nitrogen and oxygen atoms in total. The fourth-order valence-corrected chi connectivity index (χ4v) is 4.65. The zero-order valence-corrected chi connectivity index (χ0v) is 20.4. The number of benzene rings is 2. The van der Waals surface area contributed by atoms with Gasteiger partial charge in [-0.2, -0.15) is 12.7 Å². The van der Waals surface area contributed by atoms with Crippen LogP contribution in [0.15, 0.2) is 41.9 Å². The van der Waals surface area contributed by atoms with Gasteiger partial charge >= 0.3 is 16.2 Å². The van der Waals surface area contributed by atoms with Crippen molar-refractivity contribution in [1.82, 2.24) is 19.3 Å². The third kappa shape index (κ3) is 6.69. The topological polar surface area (TPSA) is 132 Å². The molecule has 0 fully saturated rings. The predicted molar refractivity (Wildman–Crippen MR) is 127 cm³/mol. The van der Waals surface area contributed by atoms with Crippen molar-refractivity contribution in [3.8, 4) is 0 Å². The second-order valence-electron chi connectivity index (χ2n) is 7.56. The summed E-state index contributed by atoms with van der Waals surface area (Å²) in [5.41, 5.74) is 2.82. The molecule has 3 amide bonds. The van der Waals surface area contributed by atoms with E-state index in [1.165, 1.54) is 23.3 Å². The molecule has 188 valence electrons. The maximum Gasteiger partial charge on any atom is 0.330 e. The van der Waals surface area contributed by atoms with Crippen LogP contribution in [0.2, 0.25) is 0 Å². The Bertz CT molecular complexity index is 1310. The highest BCUT2D eigenvalue weighted by atomic mass is 32.2. The first-order valence-corrected chi connectivity index (χ1v) is 12.5. The third-order valence-electron chi connectivity index (χ3n) is 5.04. The third-order valence-corrected chi connectivity index (χ3v) is 7.30. The highest BCUT2D eigenvalue weighted by molar-refractivity contribution is 7.87. The highest BCUT2D eigenvalue weighted by Gasteiger charge is 2.28. The average Bonchev–Trinajstić information content (AvgIpc) is 3.24. The Balaban J connectivity index is 1.86. The van der Waals surface area contributed by atoms with Crippen molar-refractivity contribution in [2.75, 3.05) is 32.1 Å². The number of halogens is 2. The lowest BCUT2D eigenvalue weighted by atomic mass is 10.0. The van der Waals surface area contributed by atoms with Crippen LogP contribution in [0.1, 0.15) is 5.56 Å². The van der Waals surface area contributed by atoms with Crippen LogP contribution in [0.5, 0.6) is 0 Å². The second kappa shape index (κ2) is 11.0. The summed E-state index contributed by atoms with van der Waals surface area (Å²) in [5.74, 6) is -2.40. The summed E-state index contributed by atoms with van der Waals surface area (Å²) in [6, 6.07) is 5.18. The number of carbonyl (C=O) groups excluding carboxylic acids is 2. The Morgan fingerprint density at radius 2 is 1.83 bits per heavy atom. The summed E-state index contributed by atoms with van der Waals surface area (Å²) in [4.78, 5) is 31.2. The number of aliphatic hydroxyl groups excluding tert-OH is 1. The Morgan fingerprint density at radius 1 is 1.14 bits per heavy atom. The fourth-order valence-electron chi connectivity index (χ4n) is 3.22. The largest absolute Gasteiger partial charge is 0.395 e. The first-order valence-electron chi connectivity index (χ1n) is 10.2. The molecule has 0 unspecified atom stereocenters. The number of fused-ring (bicyclic) bond motifs is 1. The summed E-state index contributed by atoms with van der Waals surface area (Å²) in [6.45, 7) is -0.741. The number of nitrogens with one attached hydrogen (secondary N) is 2. The molecule has 3 aromatic rings. The van der Waals surface area contributed by atoms with Crippen molar-refractivity contribution in [3.63, 3.8) is 0 Å². The predicted octanol–water partition coefficient (Wildman–Crippen LogP) is 1.62. The molecule has 1 aromatic heterocycles. The molecule has 0 saturated carbocycles. The minimum Gasteiger partial charge on any atom is -0.395 e. The summed E-state index contributed by atoms with van der Waals surface area (Å²) < 4.78 is 55.2. The number of hydrogen-bond donors (Lipinski definition) is 3. The molecule has 35 heavy (non-hydrogen) atoms. The van der Waals surface area contributed by atoms with Crippen molar-refractivity contribution in [2.24, 2.45) is 0 Å². The van der Waals surface area contributed by atoms with Crippen LogP contribution in [-0.2, 0) is 21.4 Å². The maximum absolute atomic E-state index is 13.7. The van der Waals surface area contributed by atoms with Gasteiger partial charge in [-0.1, -0.05) is 0 Å². The zero-order valence-electron chi connectivity index (χ0n) is 18.7. The van der Waals surface area contributed by atoms with E-state index in [0.29, 0.717) is 21.6 Å². The van der Waals surface area contributed by atoms with Gasteiger partial charge in [0.15, 0.2) is 0 Å². The van der Waals surface area contributed by atoms with Gasteiger partial charge in [0, 0.05) is 38.8 Å². The standard InChI is InChI=1S/C21H23F2N5O5S2/c1-27(5-6-29)35(32,33)26-21(31)25-18(9-13-7-14(22)10-15(23)8-13)20(30)28(2)16-3-4-19-17(11-16)24-12-34-19/h3-4,7-8,10-12,18,29H,5-6,9H2,1-2H3,(H2,25,26,31)/t18-/m0/s1. The van der Waals surface area contributed by atoms with Gasteiger partial charge in [0.25, 0.3) is 0 Å². The van der Waals surface area contributed by atoms with Gasteiger partial charge in [-0.25, -0.2) is 23.3 Å². The maximum atomic E-state index is 13.7. The second-order valence-corrected chi connectivity index (χ2v) is 10.2. The van der Waals surface area contributed by atoms with E-state index in [4.69, 9.17) is 5.11 Å². The Hall–Kier alpha value is -3.20. The monoisotopic (exact) mass is 527 g/mol. The number of thiazole rings is 1. The number of aromatic nitrogens is 1. The first-order chi connectivity index (χ1) is 16.5. The van der Waals surface area contributed by atoms with Crippen LogP contribution in [0.3, 0.4) is 0 Å². The summed E-state index contributed by atoms with van der Waals surface area (Å²) in [5, 5.41) is 11.2. The minimum absolute atomic E-state index is 0.0739. The lowest BCUT2D eigenvalue weighted by Crippen LogP contribution is -2.54. The van der Waals surface area contributed by atoms with Crippen molar-refractivity contribution < 1.29 is 31.9 Å². The van der Waals surface area contributed by atoms with Crippen molar-refractivity contribution in [2.45, 2.75) is 12.5 Å². The molecule has 0 spiro atoms. The van der Waals surface area contributed by atoms with Crippen molar-refractivity contribution in [3.05, 3.63) is 59.1 Å². The van der Waals surface area contributed by atoms with Gasteiger partial charge < -0.3 is 15.3 Å². The van der Waals surface area contributed by atoms with Crippen LogP contribution in [0, 0.1) is 11.6 Å². The van der Waals surface area contributed by atoms with Gasteiger partial charge in [-0.3, -0.25) is 4.79 Å². The Kier molecular flexibility index (Phi) is 8.32. The molecule has 14 heteroatoms. The quantitative estimate of drug-likeness (QED) is 0.388. The van der Waals surface area contributed by atoms with Gasteiger partial charge in [-0.05, 0) is 35.9 Å². The highest BCUT2D eigenvalue weighted by Crippen LogP contribution is 2.24. The van der Waals surface area contributed by atoms with Crippen molar-refractivity contribution in [1.29, 1.82) is 0 Å². The van der Waals surface area contributed by atoms with Gasteiger partial charge in [-0.15, -0.1) is 11.3 Å². The Labute approximate surface area is 204 Å². The SMILES string of the molecule is CN(C(=O)[C@H](Cc1cc(F)cc(F)c1)NC(=O)NS(=O)(=O)N(C)CCO)c1ccc2scnc2c1. The van der Waals surface area contributed by atoms with Gasteiger partial charge in [0.05, 0.1) is 22.3 Å². The normalized spacial score (nSPS) is 12.5. The van der Waals surface area contributed by atoms with E-state index >= 15 is 0 Å². The van der Waals surface area contributed by atoms with Gasteiger partial charge in [0.2, 0.25) is 5.91 Å². The molecule has 0 bridgehead atoms. The number of likely N-dealkylation sites (N-methyl/N-ethyl adjacent to an activating group) is 2. The zero-order chi connectivity index (χ0) is 25.8. The van der Waals surface area contributed by atoms with Crippen LogP contribution >= 0.6 is 11.3 Å².